The summed E-state index contributed by atoms with van der Waals surface area (Å²) in [6.45, 7) is 2.42. The van der Waals surface area contributed by atoms with Gasteiger partial charge >= 0.3 is 0 Å². The summed E-state index contributed by atoms with van der Waals surface area (Å²) >= 11 is 5.85. The van der Waals surface area contributed by atoms with Crippen LogP contribution < -0.4 is 5.32 Å². The summed E-state index contributed by atoms with van der Waals surface area (Å²) in [6, 6.07) is 6.05. The van der Waals surface area contributed by atoms with Gasteiger partial charge in [-0.05, 0) is 49.9 Å². The third-order valence-corrected chi connectivity index (χ3v) is 7.93. The van der Waals surface area contributed by atoms with Crippen molar-refractivity contribution < 1.29 is 18.0 Å². The summed E-state index contributed by atoms with van der Waals surface area (Å²) < 4.78 is 27.1. The summed E-state index contributed by atoms with van der Waals surface area (Å²) in [5.74, 6) is -0.517. The van der Waals surface area contributed by atoms with Gasteiger partial charge in [0.2, 0.25) is 21.8 Å². The molecule has 0 aromatic heterocycles. The van der Waals surface area contributed by atoms with Crippen molar-refractivity contribution in [2.45, 2.75) is 49.8 Å². The van der Waals surface area contributed by atoms with E-state index in [4.69, 9.17) is 11.6 Å². The maximum absolute atomic E-state index is 12.9. The lowest BCUT2D eigenvalue weighted by atomic mass is 9.99. The Labute approximate surface area is 183 Å². The van der Waals surface area contributed by atoms with E-state index in [1.807, 2.05) is 4.90 Å². The van der Waals surface area contributed by atoms with Crippen molar-refractivity contribution in [1.82, 2.24) is 14.5 Å². The Morgan fingerprint density at radius 3 is 2.33 bits per heavy atom. The van der Waals surface area contributed by atoms with Crippen LogP contribution in [-0.2, 0) is 19.6 Å². The number of carbonyl (C=O) groups is 2. The SMILES string of the molecule is O=C(NCCC(=O)N1CCCCCC1)C1CCCN(S(=O)(=O)c2ccc(Cl)cc2)C1. The highest BCUT2D eigenvalue weighted by Gasteiger charge is 2.33. The van der Waals surface area contributed by atoms with Crippen molar-refractivity contribution in [3.8, 4) is 0 Å². The number of rotatable bonds is 6. The van der Waals surface area contributed by atoms with Crippen molar-refractivity contribution >= 4 is 33.4 Å². The molecule has 0 saturated carbocycles. The van der Waals surface area contributed by atoms with Crippen LogP contribution >= 0.6 is 11.6 Å². The zero-order valence-electron chi connectivity index (χ0n) is 17.2. The molecular weight excluding hydrogens is 426 g/mol. The summed E-state index contributed by atoms with van der Waals surface area (Å²) in [5.41, 5.74) is 0. The van der Waals surface area contributed by atoms with Gasteiger partial charge in [-0.1, -0.05) is 24.4 Å². The van der Waals surface area contributed by atoms with Crippen molar-refractivity contribution in [2.24, 2.45) is 5.92 Å². The van der Waals surface area contributed by atoms with Gasteiger partial charge in [-0.15, -0.1) is 0 Å². The van der Waals surface area contributed by atoms with Crippen LogP contribution in [-0.4, -0.2) is 62.2 Å². The third-order valence-electron chi connectivity index (χ3n) is 5.80. The number of hydrogen-bond donors (Lipinski definition) is 1. The van der Waals surface area contributed by atoms with E-state index in [0.29, 0.717) is 24.4 Å². The Balaban J connectivity index is 1.50. The second-order valence-corrected chi connectivity index (χ2v) is 10.4. The first-order valence-electron chi connectivity index (χ1n) is 10.7. The molecule has 2 heterocycles. The number of benzene rings is 1. The fourth-order valence-electron chi connectivity index (χ4n) is 4.05. The normalized spacial score (nSPS) is 21.1. The van der Waals surface area contributed by atoms with Crippen LogP contribution in [0.2, 0.25) is 5.02 Å². The number of halogens is 1. The molecule has 3 rings (SSSR count). The Kier molecular flexibility index (Phi) is 8.13. The molecule has 30 heavy (non-hydrogen) atoms. The first kappa shape index (κ1) is 23.0. The van der Waals surface area contributed by atoms with Gasteiger partial charge < -0.3 is 10.2 Å². The molecule has 0 radical (unpaired) electrons. The maximum atomic E-state index is 12.9. The molecule has 1 aromatic rings. The van der Waals surface area contributed by atoms with E-state index in [1.54, 1.807) is 12.1 Å². The zero-order valence-corrected chi connectivity index (χ0v) is 18.8. The largest absolute Gasteiger partial charge is 0.355 e. The number of nitrogens with one attached hydrogen (secondary N) is 1. The number of carbonyl (C=O) groups excluding carboxylic acids is 2. The fraction of sp³-hybridized carbons (Fsp3) is 0.619. The van der Waals surface area contributed by atoms with Gasteiger partial charge in [-0.3, -0.25) is 9.59 Å². The molecule has 0 aliphatic carbocycles. The molecule has 2 saturated heterocycles. The van der Waals surface area contributed by atoms with E-state index in [2.05, 4.69) is 5.32 Å². The fourth-order valence-corrected chi connectivity index (χ4v) is 5.70. The topological polar surface area (TPSA) is 86.8 Å². The molecule has 1 aromatic carbocycles. The summed E-state index contributed by atoms with van der Waals surface area (Å²) in [6.07, 6.45) is 5.95. The number of nitrogens with zero attached hydrogens (tertiary/aromatic N) is 2. The Bertz CT molecular complexity index is 836. The van der Waals surface area contributed by atoms with Crippen LogP contribution in [0.4, 0.5) is 0 Å². The van der Waals surface area contributed by atoms with Gasteiger partial charge in [-0.2, -0.15) is 4.31 Å². The summed E-state index contributed by atoms with van der Waals surface area (Å²) in [5, 5.41) is 3.30. The number of likely N-dealkylation sites (tertiary alicyclic amines) is 1. The zero-order chi connectivity index (χ0) is 21.6. The van der Waals surface area contributed by atoms with Gasteiger partial charge in [0, 0.05) is 44.2 Å². The minimum absolute atomic E-state index is 0.0767. The molecule has 1 unspecified atom stereocenters. The minimum atomic E-state index is -3.66. The average molecular weight is 456 g/mol. The number of amides is 2. The highest BCUT2D eigenvalue weighted by atomic mass is 35.5. The molecule has 2 fully saturated rings. The lowest BCUT2D eigenvalue weighted by Gasteiger charge is -2.31. The molecule has 1 atom stereocenters. The van der Waals surface area contributed by atoms with Crippen LogP contribution in [0.3, 0.4) is 0 Å². The highest BCUT2D eigenvalue weighted by Crippen LogP contribution is 2.25. The van der Waals surface area contributed by atoms with Crippen LogP contribution in [0.15, 0.2) is 29.2 Å². The lowest BCUT2D eigenvalue weighted by Crippen LogP contribution is -2.46. The van der Waals surface area contributed by atoms with Crippen molar-refractivity contribution in [2.75, 3.05) is 32.7 Å². The first-order valence-corrected chi connectivity index (χ1v) is 12.5. The standard InChI is InChI=1S/C21H30ClN3O4S/c22-18-7-9-19(10-8-18)30(28,29)25-15-5-6-17(16-25)21(27)23-12-11-20(26)24-13-3-1-2-4-14-24/h7-10,17H,1-6,11-16H2,(H,23,27). The van der Waals surface area contributed by atoms with Gasteiger partial charge in [-0.25, -0.2) is 8.42 Å². The van der Waals surface area contributed by atoms with Gasteiger partial charge in [0.15, 0.2) is 0 Å². The van der Waals surface area contributed by atoms with Crippen molar-refractivity contribution in [3.63, 3.8) is 0 Å². The van der Waals surface area contributed by atoms with E-state index >= 15 is 0 Å². The van der Waals surface area contributed by atoms with Gasteiger partial charge in [0.25, 0.3) is 0 Å². The van der Waals surface area contributed by atoms with Gasteiger partial charge in [0.05, 0.1) is 10.8 Å². The molecule has 2 amide bonds. The lowest BCUT2D eigenvalue weighted by molar-refractivity contribution is -0.131. The Hall–Kier alpha value is -1.64. The predicted octanol–water partition coefficient (Wildman–Crippen LogP) is 2.65. The van der Waals surface area contributed by atoms with Crippen LogP contribution in [0.1, 0.15) is 44.9 Å². The number of hydrogen-bond acceptors (Lipinski definition) is 4. The first-order chi connectivity index (χ1) is 14.4. The van der Waals surface area contributed by atoms with E-state index in [9.17, 15) is 18.0 Å². The van der Waals surface area contributed by atoms with Crippen LogP contribution in [0.25, 0.3) is 0 Å². The predicted molar refractivity (Wildman–Crippen MR) is 116 cm³/mol. The Morgan fingerprint density at radius 1 is 1.00 bits per heavy atom. The summed E-state index contributed by atoms with van der Waals surface area (Å²) in [4.78, 5) is 27.0. The van der Waals surface area contributed by atoms with E-state index < -0.39 is 15.9 Å². The monoisotopic (exact) mass is 455 g/mol. The molecule has 2 aliphatic heterocycles. The van der Waals surface area contributed by atoms with Crippen LogP contribution in [0.5, 0.6) is 0 Å². The second kappa shape index (κ2) is 10.6. The van der Waals surface area contributed by atoms with E-state index in [0.717, 1.165) is 38.8 Å². The van der Waals surface area contributed by atoms with Crippen molar-refractivity contribution in [1.29, 1.82) is 0 Å². The third kappa shape index (κ3) is 5.95. The number of sulfonamides is 1. The minimum Gasteiger partial charge on any atom is -0.355 e. The smallest absolute Gasteiger partial charge is 0.243 e. The molecule has 166 valence electrons. The second-order valence-electron chi connectivity index (χ2n) is 7.99. The maximum Gasteiger partial charge on any atom is 0.243 e. The molecule has 9 heteroatoms. The van der Waals surface area contributed by atoms with Crippen molar-refractivity contribution in [3.05, 3.63) is 29.3 Å². The molecule has 1 N–H and O–H groups in total. The van der Waals surface area contributed by atoms with Gasteiger partial charge in [0.1, 0.15) is 0 Å². The van der Waals surface area contributed by atoms with Crippen LogP contribution in [0, 0.1) is 5.92 Å². The highest BCUT2D eigenvalue weighted by molar-refractivity contribution is 7.89. The summed E-state index contributed by atoms with van der Waals surface area (Å²) in [7, 11) is -3.66. The molecule has 0 bridgehead atoms. The molecule has 0 spiro atoms. The van der Waals surface area contributed by atoms with E-state index in [1.165, 1.54) is 16.4 Å². The van der Waals surface area contributed by atoms with E-state index in [-0.39, 0.29) is 36.2 Å². The quantitative estimate of drug-likeness (QED) is 0.714. The molecule has 7 nitrogen and oxygen atoms in total. The molecule has 2 aliphatic rings. The average Bonchev–Trinajstić information content (AvgIpc) is 3.03. The number of piperidine rings is 1. The Morgan fingerprint density at radius 2 is 1.67 bits per heavy atom. The molecular formula is C21H30ClN3O4S.